The summed E-state index contributed by atoms with van der Waals surface area (Å²) in [6.07, 6.45) is 3.13. The topological polar surface area (TPSA) is 65.3 Å². The molecule has 0 aliphatic rings. The Bertz CT molecular complexity index is 996. The van der Waals surface area contributed by atoms with E-state index in [2.05, 4.69) is 10.1 Å². The van der Waals surface area contributed by atoms with E-state index in [-0.39, 0.29) is 5.56 Å². The molecular weight excluding hydrogens is 268 g/mol. The van der Waals surface area contributed by atoms with Gasteiger partial charge in [-0.15, -0.1) is 0 Å². The first kappa shape index (κ1) is 11.9. The lowest BCUT2D eigenvalue weighted by atomic mass is 10.2. The summed E-state index contributed by atoms with van der Waals surface area (Å²) >= 11 is 0. The molecular formula is C15H12N4O2. The molecule has 0 bridgehead atoms. The van der Waals surface area contributed by atoms with Crippen LogP contribution < -0.4 is 5.56 Å². The molecule has 0 fully saturated rings. The molecule has 0 spiro atoms. The Morgan fingerprint density at radius 3 is 2.71 bits per heavy atom. The first-order chi connectivity index (χ1) is 10.3. The predicted octanol–water partition coefficient (Wildman–Crippen LogP) is 2.32. The smallest absolute Gasteiger partial charge is 0.277 e. The van der Waals surface area contributed by atoms with Crippen LogP contribution in [0.1, 0.15) is 6.92 Å². The van der Waals surface area contributed by atoms with E-state index in [0.717, 1.165) is 11.0 Å². The van der Waals surface area contributed by atoms with Gasteiger partial charge in [0.15, 0.2) is 0 Å². The minimum atomic E-state index is -0.0771. The number of para-hydroxylation sites is 2. The Labute approximate surface area is 119 Å². The van der Waals surface area contributed by atoms with Crippen molar-refractivity contribution in [2.45, 2.75) is 13.5 Å². The van der Waals surface area contributed by atoms with E-state index in [1.807, 2.05) is 35.6 Å². The maximum absolute atomic E-state index is 12.8. The molecule has 0 radical (unpaired) electrons. The van der Waals surface area contributed by atoms with Gasteiger partial charge in [-0.2, -0.15) is 0 Å². The number of hydrogen-bond donors (Lipinski definition) is 0. The van der Waals surface area contributed by atoms with Crippen molar-refractivity contribution in [1.29, 1.82) is 0 Å². The molecule has 0 N–H and O–H groups in total. The van der Waals surface area contributed by atoms with Crippen molar-refractivity contribution in [3.8, 4) is 11.4 Å². The average molecular weight is 280 g/mol. The van der Waals surface area contributed by atoms with Gasteiger partial charge in [0, 0.05) is 12.6 Å². The van der Waals surface area contributed by atoms with E-state index in [0.29, 0.717) is 23.4 Å². The average Bonchev–Trinajstić information content (AvgIpc) is 3.17. The van der Waals surface area contributed by atoms with Crippen molar-refractivity contribution in [2.24, 2.45) is 0 Å². The predicted molar refractivity (Wildman–Crippen MR) is 78.1 cm³/mol. The number of imidazole rings is 1. The highest BCUT2D eigenvalue weighted by molar-refractivity contribution is 5.84. The highest BCUT2D eigenvalue weighted by atomic mass is 16.5. The third kappa shape index (κ3) is 1.56. The van der Waals surface area contributed by atoms with Gasteiger partial charge in [0.05, 0.1) is 11.0 Å². The van der Waals surface area contributed by atoms with Gasteiger partial charge in [-0.05, 0) is 19.1 Å². The molecule has 4 rings (SSSR count). The highest BCUT2D eigenvalue weighted by Gasteiger charge is 2.17. The fraction of sp³-hybridized carbons (Fsp3) is 0.133. The lowest BCUT2D eigenvalue weighted by Crippen LogP contribution is -2.22. The second kappa shape index (κ2) is 4.31. The van der Waals surface area contributed by atoms with Gasteiger partial charge in [-0.25, -0.2) is 4.98 Å². The Kier molecular flexibility index (Phi) is 2.44. The quantitative estimate of drug-likeness (QED) is 0.565. The Morgan fingerprint density at radius 2 is 2.00 bits per heavy atom. The summed E-state index contributed by atoms with van der Waals surface area (Å²) in [5, 5.41) is 3.89. The molecule has 0 aliphatic carbocycles. The fourth-order valence-corrected chi connectivity index (χ4v) is 2.70. The molecule has 6 nitrogen and oxygen atoms in total. The van der Waals surface area contributed by atoms with Crippen molar-refractivity contribution < 1.29 is 4.52 Å². The van der Waals surface area contributed by atoms with E-state index in [4.69, 9.17) is 4.52 Å². The zero-order valence-electron chi connectivity index (χ0n) is 11.4. The van der Waals surface area contributed by atoms with E-state index >= 15 is 0 Å². The number of fused-ring (bicyclic) bond motifs is 3. The van der Waals surface area contributed by atoms with Gasteiger partial charge >= 0.3 is 0 Å². The van der Waals surface area contributed by atoms with Gasteiger partial charge in [0.2, 0.25) is 0 Å². The maximum atomic E-state index is 12.8. The molecule has 0 aliphatic heterocycles. The minimum absolute atomic E-state index is 0.0771. The number of benzene rings is 1. The third-order valence-corrected chi connectivity index (χ3v) is 3.64. The summed E-state index contributed by atoms with van der Waals surface area (Å²) in [6.45, 7) is 2.55. The second-order valence-electron chi connectivity index (χ2n) is 4.73. The molecule has 6 heteroatoms. The molecule has 0 atom stereocenters. The van der Waals surface area contributed by atoms with Gasteiger partial charge in [-0.3, -0.25) is 9.20 Å². The minimum Gasteiger partial charge on any atom is -0.364 e. The number of aryl methyl sites for hydroxylation is 1. The molecule has 4 aromatic rings. The van der Waals surface area contributed by atoms with Crippen molar-refractivity contribution in [3.63, 3.8) is 0 Å². The lowest BCUT2D eigenvalue weighted by molar-refractivity contribution is 0.422. The fourth-order valence-electron chi connectivity index (χ4n) is 2.70. The van der Waals surface area contributed by atoms with Crippen LogP contribution in [0.15, 0.2) is 52.2 Å². The van der Waals surface area contributed by atoms with Crippen LogP contribution in [0.2, 0.25) is 0 Å². The summed E-state index contributed by atoms with van der Waals surface area (Å²) in [5.41, 5.74) is 3.38. The van der Waals surface area contributed by atoms with Crippen molar-refractivity contribution in [3.05, 3.63) is 53.3 Å². The number of rotatable bonds is 2. The van der Waals surface area contributed by atoms with Gasteiger partial charge in [0.25, 0.3) is 5.56 Å². The summed E-state index contributed by atoms with van der Waals surface area (Å²) < 4.78 is 8.42. The Morgan fingerprint density at radius 1 is 1.19 bits per heavy atom. The normalized spacial score (nSPS) is 11.5. The lowest BCUT2D eigenvalue weighted by Gasteiger charge is -2.10. The van der Waals surface area contributed by atoms with Crippen LogP contribution in [0, 0.1) is 0 Å². The summed E-state index contributed by atoms with van der Waals surface area (Å²) in [6, 6.07) is 9.49. The van der Waals surface area contributed by atoms with Crippen LogP contribution in [-0.4, -0.2) is 19.1 Å². The van der Waals surface area contributed by atoms with Crippen LogP contribution in [0.5, 0.6) is 0 Å². The van der Waals surface area contributed by atoms with Gasteiger partial charge in [0.1, 0.15) is 29.5 Å². The van der Waals surface area contributed by atoms with E-state index < -0.39 is 0 Å². The largest absolute Gasteiger partial charge is 0.364 e. The monoisotopic (exact) mass is 280 g/mol. The standard InChI is InChI=1S/C15H12N4O2/c1-2-18-11-5-3-4-6-12(11)19-9-16-13(14(19)15(18)20)10-7-8-21-17-10/h3-9H,2H2,1H3. The van der Waals surface area contributed by atoms with Gasteiger partial charge in [-0.1, -0.05) is 17.3 Å². The first-order valence-corrected chi connectivity index (χ1v) is 6.70. The third-order valence-electron chi connectivity index (χ3n) is 3.64. The van der Waals surface area contributed by atoms with Crippen LogP contribution in [0.4, 0.5) is 0 Å². The summed E-state index contributed by atoms with van der Waals surface area (Å²) in [7, 11) is 0. The molecule has 21 heavy (non-hydrogen) atoms. The number of aromatic nitrogens is 4. The maximum Gasteiger partial charge on any atom is 0.277 e. The zero-order valence-corrected chi connectivity index (χ0v) is 11.4. The van der Waals surface area contributed by atoms with E-state index in [9.17, 15) is 4.79 Å². The van der Waals surface area contributed by atoms with Gasteiger partial charge < -0.3 is 9.09 Å². The molecule has 0 unspecified atom stereocenters. The van der Waals surface area contributed by atoms with E-state index in [1.54, 1.807) is 17.0 Å². The summed E-state index contributed by atoms with van der Waals surface area (Å²) in [4.78, 5) is 17.1. The number of nitrogens with zero attached hydrogens (tertiary/aromatic N) is 4. The molecule has 0 saturated carbocycles. The molecule has 3 aromatic heterocycles. The second-order valence-corrected chi connectivity index (χ2v) is 4.73. The molecule has 0 amide bonds. The van der Waals surface area contributed by atoms with E-state index in [1.165, 1.54) is 6.26 Å². The highest BCUT2D eigenvalue weighted by Crippen LogP contribution is 2.22. The van der Waals surface area contributed by atoms with Crippen molar-refractivity contribution in [1.82, 2.24) is 19.1 Å². The first-order valence-electron chi connectivity index (χ1n) is 6.70. The van der Waals surface area contributed by atoms with Crippen molar-refractivity contribution in [2.75, 3.05) is 0 Å². The molecule has 1 aromatic carbocycles. The van der Waals surface area contributed by atoms with Crippen LogP contribution in [-0.2, 0) is 6.54 Å². The summed E-state index contributed by atoms with van der Waals surface area (Å²) in [5.74, 6) is 0. The Hall–Kier alpha value is -2.89. The zero-order chi connectivity index (χ0) is 14.4. The SMILES string of the molecule is CCn1c(=O)c2c(-c3ccon3)ncn2c2ccccc21. The molecule has 0 saturated heterocycles. The molecule has 3 heterocycles. The Balaban J connectivity index is 2.24. The van der Waals surface area contributed by atoms with Crippen LogP contribution in [0.25, 0.3) is 27.9 Å². The number of hydrogen-bond acceptors (Lipinski definition) is 4. The van der Waals surface area contributed by atoms with Crippen LogP contribution in [0.3, 0.4) is 0 Å². The molecule has 104 valence electrons. The van der Waals surface area contributed by atoms with Crippen LogP contribution >= 0.6 is 0 Å². The van der Waals surface area contributed by atoms with Crippen molar-refractivity contribution >= 4 is 16.6 Å².